The topological polar surface area (TPSA) is 91.3 Å². The van der Waals surface area contributed by atoms with Gasteiger partial charge in [0.1, 0.15) is 0 Å². The molecule has 1 amide bonds. The van der Waals surface area contributed by atoms with E-state index in [9.17, 15) is 9.59 Å². The summed E-state index contributed by atoms with van der Waals surface area (Å²) in [5, 5.41) is 15.0. The van der Waals surface area contributed by atoms with Crippen molar-refractivity contribution in [3.63, 3.8) is 0 Å². The molecule has 0 spiro atoms. The highest BCUT2D eigenvalue weighted by Crippen LogP contribution is 2.24. The summed E-state index contributed by atoms with van der Waals surface area (Å²) in [6.45, 7) is 5.70. The van der Waals surface area contributed by atoms with Crippen LogP contribution in [-0.2, 0) is 4.79 Å². The molecule has 0 aliphatic carbocycles. The number of thiazole rings is 1. The highest BCUT2D eigenvalue weighted by molar-refractivity contribution is 7.15. The number of anilines is 1. The summed E-state index contributed by atoms with van der Waals surface area (Å²) in [7, 11) is 1.58. The maximum atomic E-state index is 11.6. The number of amides is 1. The van der Waals surface area contributed by atoms with E-state index in [1.165, 1.54) is 11.3 Å². The molecule has 0 saturated heterocycles. The Balaban J connectivity index is 2.72. The van der Waals surface area contributed by atoms with Crippen LogP contribution in [0.2, 0.25) is 0 Å². The molecule has 0 aromatic carbocycles. The Morgan fingerprint density at radius 2 is 2.06 bits per heavy atom. The van der Waals surface area contributed by atoms with Crippen LogP contribution >= 0.6 is 11.3 Å². The average Bonchev–Trinajstić information content (AvgIpc) is 2.67. The highest BCUT2D eigenvalue weighted by atomic mass is 32.1. The van der Waals surface area contributed by atoms with E-state index in [0.29, 0.717) is 16.6 Å². The van der Waals surface area contributed by atoms with Crippen LogP contribution < -0.4 is 10.6 Å². The van der Waals surface area contributed by atoms with Crippen molar-refractivity contribution < 1.29 is 14.7 Å². The van der Waals surface area contributed by atoms with Crippen molar-refractivity contribution in [1.29, 1.82) is 0 Å². The Labute approximate surface area is 109 Å². The second-order valence-corrected chi connectivity index (χ2v) is 5.75. The Morgan fingerprint density at radius 1 is 1.44 bits per heavy atom. The zero-order valence-electron chi connectivity index (χ0n) is 10.8. The minimum atomic E-state index is -1.04. The summed E-state index contributed by atoms with van der Waals surface area (Å²) in [5.41, 5.74) is -0.530. The number of aromatic nitrogens is 1. The number of carbonyl (C=O) groups excluding carboxylic acids is 1. The number of nitrogens with zero attached hydrogens (tertiary/aromatic N) is 1. The third kappa shape index (κ3) is 3.19. The van der Waals surface area contributed by atoms with Crippen molar-refractivity contribution in [3.8, 4) is 0 Å². The normalized spacial score (nSPS) is 11.1. The van der Waals surface area contributed by atoms with E-state index in [1.54, 1.807) is 27.8 Å². The van der Waals surface area contributed by atoms with Crippen LogP contribution in [-0.4, -0.2) is 35.6 Å². The molecule has 0 aliphatic rings. The van der Waals surface area contributed by atoms with Crippen molar-refractivity contribution in [2.45, 2.75) is 20.8 Å². The molecule has 100 valence electrons. The molecular formula is C11H17N3O3S. The number of carboxylic acids is 1. The van der Waals surface area contributed by atoms with Gasteiger partial charge in [0.05, 0.1) is 5.41 Å². The summed E-state index contributed by atoms with van der Waals surface area (Å²) in [4.78, 5) is 27.0. The molecule has 0 fully saturated rings. The van der Waals surface area contributed by atoms with Gasteiger partial charge in [0, 0.05) is 18.5 Å². The van der Waals surface area contributed by atoms with Crippen LogP contribution in [0.4, 0.5) is 5.13 Å². The summed E-state index contributed by atoms with van der Waals surface area (Å²) < 4.78 is 0. The number of hydrogen-bond donors (Lipinski definition) is 3. The highest BCUT2D eigenvalue weighted by Gasteiger charge is 2.27. The second-order valence-electron chi connectivity index (χ2n) is 4.55. The standard InChI is InChI=1S/C11H17N3O3S/c1-6-7(8(15)16)14-10(18-6)13-5-11(2,3)9(17)12-4/h5H2,1-4H3,(H,12,17)(H,13,14)(H,15,16). The monoisotopic (exact) mass is 271 g/mol. The van der Waals surface area contributed by atoms with Crippen molar-refractivity contribution >= 4 is 28.3 Å². The Hall–Kier alpha value is -1.63. The van der Waals surface area contributed by atoms with Crippen LogP contribution in [0.1, 0.15) is 29.2 Å². The molecule has 7 heteroatoms. The molecule has 0 bridgehead atoms. The fraction of sp³-hybridized carbons (Fsp3) is 0.545. The maximum absolute atomic E-state index is 11.6. The molecule has 0 unspecified atom stereocenters. The first-order valence-corrected chi connectivity index (χ1v) is 6.26. The summed E-state index contributed by atoms with van der Waals surface area (Å²) in [5.74, 6) is -1.12. The van der Waals surface area contributed by atoms with Gasteiger partial charge in [-0.1, -0.05) is 0 Å². The lowest BCUT2D eigenvalue weighted by Gasteiger charge is -2.22. The SMILES string of the molecule is CNC(=O)C(C)(C)CNc1nc(C(=O)O)c(C)s1. The first kappa shape index (κ1) is 14.4. The zero-order valence-corrected chi connectivity index (χ0v) is 11.6. The van der Waals surface area contributed by atoms with Gasteiger partial charge in [-0.25, -0.2) is 9.78 Å². The number of carbonyl (C=O) groups is 2. The van der Waals surface area contributed by atoms with Crippen molar-refractivity contribution in [2.75, 3.05) is 18.9 Å². The number of rotatable bonds is 5. The first-order valence-electron chi connectivity index (χ1n) is 5.44. The molecule has 0 atom stereocenters. The molecule has 1 aromatic rings. The maximum Gasteiger partial charge on any atom is 0.355 e. The van der Waals surface area contributed by atoms with Crippen molar-refractivity contribution in [3.05, 3.63) is 10.6 Å². The lowest BCUT2D eigenvalue weighted by molar-refractivity contribution is -0.128. The number of nitrogens with one attached hydrogen (secondary N) is 2. The van der Waals surface area contributed by atoms with E-state index < -0.39 is 11.4 Å². The summed E-state index contributed by atoms with van der Waals surface area (Å²) in [6.07, 6.45) is 0. The van der Waals surface area contributed by atoms with Crippen LogP contribution in [0.15, 0.2) is 0 Å². The van der Waals surface area contributed by atoms with Crippen LogP contribution in [0.5, 0.6) is 0 Å². The number of hydrogen-bond acceptors (Lipinski definition) is 5. The average molecular weight is 271 g/mol. The van der Waals surface area contributed by atoms with Gasteiger partial charge in [-0.2, -0.15) is 0 Å². The lowest BCUT2D eigenvalue weighted by Crippen LogP contribution is -2.39. The predicted octanol–water partition coefficient (Wildman–Crippen LogP) is 1.33. The van der Waals surface area contributed by atoms with Gasteiger partial charge in [0.25, 0.3) is 0 Å². The van der Waals surface area contributed by atoms with Gasteiger partial charge in [0.15, 0.2) is 10.8 Å². The van der Waals surface area contributed by atoms with Crippen molar-refractivity contribution in [1.82, 2.24) is 10.3 Å². The van der Waals surface area contributed by atoms with E-state index >= 15 is 0 Å². The number of aryl methyl sites for hydroxylation is 1. The molecule has 1 aromatic heterocycles. The van der Waals surface area contributed by atoms with Gasteiger partial charge in [0.2, 0.25) is 5.91 Å². The van der Waals surface area contributed by atoms with Crippen LogP contribution in [0, 0.1) is 12.3 Å². The zero-order chi connectivity index (χ0) is 13.9. The largest absolute Gasteiger partial charge is 0.476 e. The summed E-state index contributed by atoms with van der Waals surface area (Å²) in [6, 6.07) is 0. The fourth-order valence-electron chi connectivity index (χ4n) is 1.39. The molecule has 18 heavy (non-hydrogen) atoms. The minimum absolute atomic E-state index is 0.0558. The van der Waals surface area contributed by atoms with Crippen LogP contribution in [0.3, 0.4) is 0 Å². The fourth-order valence-corrected chi connectivity index (χ4v) is 2.19. The predicted molar refractivity (Wildman–Crippen MR) is 70.1 cm³/mol. The van der Waals surface area contributed by atoms with Gasteiger partial charge in [-0.3, -0.25) is 4.79 Å². The van der Waals surface area contributed by atoms with Gasteiger partial charge in [-0.15, -0.1) is 11.3 Å². The van der Waals surface area contributed by atoms with E-state index in [2.05, 4.69) is 15.6 Å². The molecule has 1 heterocycles. The van der Waals surface area contributed by atoms with E-state index in [0.717, 1.165) is 0 Å². The molecule has 6 nitrogen and oxygen atoms in total. The molecule has 3 N–H and O–H groups in total. The summed E-state index contributed by atoms with van der Waals surface area (Å²) >= 11 is 1.27. The molecule has 0 saturated carbocycles. The third-order valence-corrected chi connectivity index (χ3v) is 3.45. The Morgan fingerprint density at radius 3 is 2.50 bits per heavy atom. The first-order chi connectivity index (χ1) is 8.27. The third-order valence-electron chi connectivity index (χ3n) is 2.52. The Kier molecular flexibility index (Phi) is 4.28. The molecule has 0 aliphatic heterocycles. The van der Waals surface area contributed by atoms with Gasteiger partial charge < -0.3 is 15.7 Å². The second kappa shape index (κ2) is 5.34. The van der Waals surface area contributed by atoms with E-state index in [-0.39, 0.29) is 11.6 Å². The molecule has 1 rings (SSSR count). The van der Waals surface area contributed by atoms with E-state index in [1.807, 2.05) is 0 Å². The number of carboxylic acid groups (broad SMARTS) is 1. The van der Waals surface area contributed by atoms with Gasteiger partial charge >= 0.3 is 5.97 Å². The van der Waals surface area contributed by atoms with Crippen molar-refractivity contribution in [2.24, 2.45) is 5.41 Å². The molecule has 0 radical (unpaired) electrons. The van der Waals surface area contributed by atoms with Crippen LogP contribution in [0.25, 0.3) is 0 Å². The van der Waals surface area contributed by atoms with Gasteiger partial charge in [-0.05, 0) is 20.8 Å². The lowest BCUT2D eigenvalue weighted by atomic mass is 9.92. The minimum Gasteiger partial charge on any atom is -0.476 e. The number of aromatic carboxylic acids is 1. The smallest absolute Gasteiger partial charge is 0.355 e. The molecular weight excluding hydrogens is 254 g/mol. The van der Waals surface area contributed by atoms with E-state index in [4.69, 9.17) is 5.11 Å². The quantitative estimate of drug-likeness (QED) is 0.751. The Bertz CT molecular complexity index is 468.